The average molecular weight is 197 g/mol. The SMILES string of the molecule is O=C1CC[C@](C(=O)O)(C(F)(F)F)N1. The van der Waals surface area contributed by atoms with Gasteiger partial charge in [0.1, 0.15) is 0 Å². The maximum Gasteiger partial charge on any atom is 0.422 e. The van der Waals surface area contributed by atoms with Crippen LogP contribution >= 0.6 is 0 Å². The Morgan fingerprint density at radius 3 is 2.23 bits per heavy atom. The highest BCUT2D eigenvalue weighted by atomic mass is 19.4. The molecule has 0 aromatic carbocycles. The molecule has 0 saturated carbocycles. The molecule has 74 valence electrons. The summed E-state index contributed by atoms with van der Waals surface area (Å²) in [6.45, 7) is 0. The quantitative estimate of drug-likeness (QED) is 0.634. The van der Waals surface area contributed by atoms with Crippen molar-refractivity contribution >= 4 is 11.9 Å². The first kappa shape index (κ1) is 9.82. The van der Waals surface area contributed by atoms with E-state index in [1.807, 2.05) is 0 Å². The van der Waals surface area contributed by atoms with Crippen LogP contribution in [0.3, 0.4) is 0 Å². The molecule has 13 heavy (non-hydrogen) atoms. The highest BCUT2D eigenvalue weighted by molar-refractivity contribution is 5.91. The van der Waals surface area contributed by atoms with Gasteiger partial charge in [0, 0.05) is 6.42 Å². The molecule has 7 heteroatoms. The molecule has 1 atom stereocenters. The van der Waals surface area contributed by atoms with Gasteiger partial charge in [-0.1, -0.05) is 0 Å². The summed E-state index contributed by atoms with van der Waals surface area (Å²) in [5, 5.41) is 9.83. The third-order valence-electron chi connectivity index (χ3n) is 1.93. The van der Waals surface area contributed by atoms with E-state index in [9.17, 15) is 22.8 Å². The highest BCUT2D eigenvalue weighted by Crippen LogP contribution is 2.37. The maximum absolute atomic E-state index is 12.2. The Morgan fingerprint density at radius 1 is 1.54 bits per heavy atom. The third-order valence-corrected chi connectivity index (χ3v) is 1.93. The fourth-order valence-corrected chi connectivity index (χ4v) is 1.16. The molecule has 1 rings (SSSR count). The number of carboxylic acids is 1. The van der Waals surface area contributed by atoms with Crippen molar-refractivity contribution in [3.8, 4) is 0 Å². The number of nitrogens with one attached hydrogen (secondary N) is 1. The van der Waals surface area contributed by atoms with Crippen molar-refractivity contribution in [3.63, 3.8) is 0 Å². The van der Waals surface area contributed by atoms with Gasteiger partial charge in [-0.3, -0.25) is 4.79 Å². The zero-order valence-electron chi connectivity index (χ0n) is 6.31. The summed E-state index contributed by atoms with van der Waals surface area (Å²) in [6.07, 6.45) is -6.11. The number of alkyl halides is 3. The lowest BCUT2D eigenvalue weighted by Gasteiger charge is -2.26. The van der Waals surface area contributed by atoms with Crippen molar-refractivity contribution in [2.24, 2.45) is 0 Å². The number of carbonyl (C=O) groups is 2. The van der Waals surface area contributed by atoms with Crippen LogP contribution in [-0.2, 0) is 9.59 Å². The second kappa shape index (κ2) is 2.61. The van der Waals surface area contributed by atoms with E-state index in [2.05, 4.69) is 0 Å². The smallest absolute Gasteiger partial charge is 0.422 e. The summed E-state index contributed by atoms with van der Waals surface area (Å²) in [4.78, 5) is 20.9. The second-order valence-electron chi connectivity index (χ2n) is 2.76. The largest absolute Gasteiger partial charge is 0.479 e. The van der Waals surface area contributed by atoms with Crippen molar-refractivity contribution in [1.29, 1.82) is 0 Å². The van der Waals surface area contributed by atoms with Crippen LogP contribution in [0.25, 0.3) is 0 Å². The van der Waals surface area contributed by atoms with E-state index in [1.165, 1.54) is 5.32 Å². The molecule has 1 aliphatic heterocycles. The van der Waals surface area contributed by atoms with Crippen LogP contribution < -0.4 is 5.32 Å². The van der Waals surface area contributed by atoms with Crippen molar-refractivity contribution in [2.45, 2.75) is 24.6 Å². The van der Waals surface area contributed by atoms with E-state index in [4.69, 9.17) is 5.11 Å². The van der Waals surface area contributed by atoms with E-state index in [0.29, 0.717) is 0 Å². The lowest BCUT2D eigenvalue weighted by Crippen LogP contribution is -2.59. The Labute approximate surface area is 70.7 Å². The summed E-state index contributed by atoms with van der Waals surface area (Å²) in [6, 6.07) is 0. The molecule has 0 bridgehead atoms. The zero-order valence-corrected chi connectivity index (χ0v) is 6.31. The van der Waals surface area contributed by atoms with Gasteiger partial charge in [-0.25, -0.2) is 4.79 Å². The Hall–Kier alpha value is -1.27. The minimum absolute atomic E-state index is 0.411. The monoisotopic (exact) mass is 197 g/mol. The predicted molar refractivity (Wildman–Crippen MR) is 33.8 cm³/mol. The van der Waals surface area contributed by atoms with E-state index in [-0.39, 0.29) is 0 Å². The summed E-state index contributed by atoms with van der Waals surface area (Å²) >= 11 is 0. The predicted octanol–water partition coefficient (Wildman–Crippen LogP) is 0.282. The summed E-state index contributed by atoms with van der Waals surface area (Å²) in [5.41, 5.74) is -3.08. The number of amides is 1. The molecule has 0 radical (unpaired) electrons. The van der Waals surface area contributed by atoms with Crippen LogP contribution in [0.1, 0.15) is 12.8 Å². The van der Waals surface area contributed by atoms with Crippen molar-refractivity contribution in [3.05, 3.63) is 0 Å². The van der Waals surface area contributed by atoms with Crippen molar-refractivity contribution < 1.29 is 27.9 Å². The number of aliphatic carboxylic acids is 1. The summed E-state index contributed by atoms with van der Waals surface area (Å²) in [7, 11) is 0. The summed E-state index contributed by atoms with van der Waals surface area (Å²) in [5.74, 6) is -2.95. The molecule has 0 unspecified atom stereocenters. The first-order valence-electron chi connectivity index (χ1n) is 3.41. The van der Waals surface area contributed by atoms with Gasteiger partial charge in [-0.15, -0.1) is 0 Å². The van der Waals surface area contributed by atoms with Gasteiger partial charge in [0.25, 0.3) is 0 Å². The molecule has 0 spiro atoms. The highest BCUT2D eigenvalue weighted by Gasteiger charge is 2.64. The minimum Gasteiger partial charge on any atom is -0.479 e. The maximum atomic E-state index is 12.2. The fourth-order valence-electron chi connectivity index (χ4n) is 1.16. The van der Waals surface area contributed by atoms with E-state index in [0.717, 1.165) is 0 Å². The molecule has 1 fully saturated rings. The van der Waals surface area contributed by atoms with Crippen LogP contribution in [0.15, 0.2) is 0 Å². The fraction of sp³-hybridized carbons (Fsp3) is 0.667. The minimum atomic E-state index is -4.95. The first-order chi connectivity index (χ1) is 5.79. The number of hydrogen-bond acceptors (Lipinski definition) is 2. The van der Waals surface area contributed by atoms with Crippen LogP contribution in [0, 0.1) is 0 Å². The number of hydrogen-bond donors (Lipinski definition) is 2. The molecular weight excluding hydrogens is 191 g/mol. The lowest BCUT2D eigenvalue weighted by molar-refractivity contribution is -0.206. The van der Waals surface area contributed by atoms with Gasteiger partial charge in [0.05, 0.1) is 0 Å². The van der Waals surface area contributed by atoms with Crippen LogP contribution in [0.2, 0.25) is 0 Å². The number of carbonyl (C=O) groups excluding carboxylic acids is 1. The topological polar surface area (TPSA) is 66.4 Å². The van der Waals surface area contributed by atoms with Gasteiger partial charge in [-0.05, 0) is 6.42 Å². The molecule has 1 aliphatic rings. The average Bonchev–Trinajstić information content (AvgIpc) is 2.30. The van der Waals surface area contributed by atoms with E-state index >= 15 is 0 Å². The van der Waals surface area contributed by atoms with Crippen molar-refractivity contribution in [2.75, 3.05) is 0 Å². The Bertz CT molecular complexity index is 262. The third kappa shape index (κ3) is 1.34. The number of rotatable bonds is 1. The molecule has 0 aromatic rings. The van der Waals surface area contributed by atoms with Gasteiger partial charge in [0.15, 0.2) is 0 Å². The molecule has 2 N–H and O–H groups in total. The zero-order chi connectivity index (χ0) is 10.3. The summed E-state index contributed by atoms with van der Waals surface area (Å²) < 4.78 is 36.7. The molecule has 1 heterocycles. The van der Waals surface area contributed by atoms with E-state index < -0.39 is 36.4 Å². The molecule has 1 saturated heterocycles. The Morgan fingerprint density at radius 2 is 2.08 bits per heavy atom. The van der Waals surface area contributed by atoms with Gasteiger partial charge in [0.2, 0.25) is 11.4 Å². The number of carboxylic acid groups (broad SMARTS) is 1. The normalized spacial score (nSPS) is 28.7. The van der Waals surface area contributed by atoms with Crippen LogP contribution in [-0.4, -0.2) is 28.7 Å². The van der Waals surface area contributed by atoms with Crippen LogP contribution in [0.4, 0.5) is 13.2 Å². The molecular formula is C6H6F3NO3. The second-order valence-corrected chi connectivity index (χ2v) is 2.76. The van der Waals surface area contributed by atoms with Crippen LogP contribution in [0.5, 0.6) is 0 Å². The van der Waals surface area contributed by atoms with Gasteiger partial charge in [-0.2, -0.15) is 13.2 Å². The molecule has 0 aromatic heterocycles. The Kier molecular flexibility index (Phi) is 1.97. The Balaban J connectivity index is 3.04. The van der Waals surface area contributed by atoms with Gasteiger partial charge < -0.3 is 10.4 Å². The standard InChI is InChI=1S/C6H6F3NO3/c7-6(8,9)5(4(12)13)2-1-3(11)10-5/h1-2H2,(H,10,11)(H,12,13)/t5-/m0/s1. The van der Waals surface area contributed by atoms with Gasteiger partial charge >= 0.3 is 12.1 Å². The van der Waals surface area contributed by atoms with Crippen molar-refractivity contribution in [1.82, 2.24) is 5.32 Å². The van der Waals surface area contributed by atoms with E-state index in [1.54, 1.807) is 0 Å². The molecule has 0 aliphatic carbocycles. The first-order valence-corrected chi connectivity index (χ1v) is 3.41. The number of halogens is 3. The molecule has 1 amide bonds. The lowest BCUT2D eigenvalue weighted by atomic mass is 9.97. The molecule has 4 nitrogen and oxygen atoms in total.